The lowest BCUT2D eigenvalue weighted by Crippen LogP contribution is -2.46. The van der Waals surface area contributed by atoms with Gasteiger partial charge < -0.3 is 9.64 Å². The largest absolute Gasteiger partial charge is 0.383 e. The summed E-state index contributed by atoms with van der Waals surface area (Å²) in [4.78, 5) is 2.36. The highest BCUT2D eigenvalue weighted by molar-refractivity contribution is 7.86. The van der Waals surface area contributed by atoms with Gasteiger partial charge in [0.15, 0.2) is 0 Å². The second kappa shape index (κ2) is 7.87. The molecule has 0 bridgehead atoms. The maximum atomic E-state index is 12.5. The molecule has 2 aliphatic heterocycles. The van der Waals surface area contributed by atoms with Crippen LogP contribution in [0.1, 0.15) is 25.7 Å². The quantitative estimate of drug-likeness (QED) is 0.690. The van der Waals surface area contributed by atoms with Crippen LogP contribution in [0.3, 0.4) is 0 Å². The molecule has 0 unspecified atom stereocenters. The SMILES string of the molecule is COCCN1CC[C@H](CN(C)S(=O)(=O)N2CCCCC2)C1. The summed E-state index contributed by atoms with van der Waals surface area (Å²) in [6, 6.07) is 0. The summed E-state index contributed by atoms with van der Waals surface area (Å²) in [5.74, 6) is 0.437. The highest BCUT2D eigenvalue weighted by Gasteiger charge is 2.31. The molecule has 0 amide bonds. The summed E-state index contributed by atoms with van der Waals surface area (Å²) < 4.78 is 33.4. The second-order valence-corrected chi connectivity index (χ2v) is 8.23. The molecule has 0 radical (unpaired) electrons. The van der Waals surface area contributed by atoms with Gasteiger partial charge in [-0.25, -0.2) is 0 Å². The summed E-state index contributed by atoms with van der Waals surface area (Å²) in [6.07, 6.45) is 4.19. The smallest absolute Gasteiger partial charge is 0.281 e. The topological polar surface area (TPSA) is 53.1 Å². The molecule has 2 aliphatic rings. The number of methoxy groups -OCH3 is 1. The zero-order valence-electron chi connectivity index (χ0n) is 13.3. The number of ether oxygens (including phenoxy) is 1. The lowest BCUT2D eigenvalue weighted by Gasteiger charge is -2.31. The Morgan fingerprint density at radius 2 is 1.90 bits per heavy atom. The van der Waals surface area contributed by atoms with Crippen molar-refractivity contribution in [3.05, 3.63) is 0 Å². The van der Waals surface area contributed by atoms with Crippen molar-refractivity contribution in [1.82, 2.24) is 13.5 Å². The fourth-order valence-corrected chi connectivity index (χ4v) is 4.75. The molecule has 1 atom stereocenters. The van der Waals surface area contributed by atoms with Crippen molar-refractivity contribution >= 4 is 10.2 Å². The Hall–Kier alpha value is -0.210. The number of likely N-dealkylation sites (tertiary alicyclic amines) is 1. The minimum atomic E-state index is -3.26. The van der Waals surface area contributed by atoms with Crippen molar-refractivity contribution in [1.29, 1.82) is 0 Å². The van der Waals surface area contributed by atoms with Crippen LogP contribution >= 0.6 is 0 Å². The summed E-state index contributed by atoms with van der Waals surface area (Å²) >= 11 is 0. The van der Waals surface area contributed by atoms with E-state index in [-0.39, 0.29) is 0 Å². The molecule has 6 nitrogen and oxygen atoms in total. The fourth-order valence-electron chi connectivity index (χ4n) is 3.24. The first kappa shape index (κ1) is 17.1. The van der Waals surface area contributed by atoms with Gasteiger partial charge in [0, 0.05) is 46.9 Å². The number of piperidine rings is 1. The van der Waals surface area contributed by atoms with Crippen molar-refractivity contribution in [3.8, 4) is 0 Å². The van der Waals surface area contributed by atoms with Crippen molar-refractivity contribution in [3.63, 3.8) is 0 Å². The molecule has 0 aromatic carbocycles. The van der Waals surface area contributed by atoms with E-state index >= 15 is 0 Å². The summed E-state index contributed by atoms with van der Waals surface area (Å²) in [7, 11) is 0.178. The van der Waals surface area contributed by atoms with Crippen molar-refractivity contribution in [2.75, 3.05) is 60.0 Å². The first-order chi connectivity index (χ1) is 10.0. The van der Waals surface area contributed by atoms with Crippen LogP contribution in [0.2, 0.25) is 0 Å². The van der Waals surface area contributed by atoms with Crippen LogP contribution in [0.15, 0.2) is 0 Å². The van der Waals surface area contributed by atoms with Gasteiger partial charge in [0.25, 0.3) is 10.2 Å². The van der Waals surface area contributed by atoms with E-state index in [1.807, 2.05) is 0 Å². The number of hydrogen-bond acceptors (Lipinski definition) is 4. The van der Waals surface area contributed by atoms with Crippen LogP contribution in [0.4, 0.5) is 0 Å². The van der Waals surface area contributed by atoms with E-state index in [2.05, 4.69) is 4.90 Å². The van der Waals surface area contributed by atoms with Crippen LogP contribution in [0.25, 0.3) is 0 Å². The molecule has 2 saturated heterocycles. The summed E-state index contributed by atoms with van der Waals surface area (Å²) in [6.45, 7) is 5.69. The number of nitrogens with zero attached hydrogens (tertiary/aromatic N) is 3. The minimum Gasteiger partial charge on any atom is -0.383 e. The van der Waals surface area contributed by atoms with E-state index in [9.17, 15) is 8.42 Å². The van der Waals surface area contributed by atoms with Gasteiger partial charge in [0.2, 0.25) is 0 Å². The molecule has 2 rings (SSSR count). The third kappa shape index (κ3) is 4.63. The van der Waals surface area contributed by atoms with Gasteiger partial charge in [-0.2, -0.15) is 17.0 Å². The predicted molar refractivity (Wildman–Crippen MR) is 83.4 cm³/mol. The van der Waals surface area contributed by atoms with E-state index in [1.165, 1.54) is 0 Å². The molecule has 0 spiro atoms. The normalized spacial score (nSPS) is 25.8. The average Bonchev–Trinajstić information content (AvgIpc) is 2.93. The first-order valence-corrected chi connectivity index (χ1v) is 9.36. The van der Waals surface area contributed by atoms with E-state index < -0.39 is 10.2 Å². The van der Waals surface area contributed by atoms with Crippen LogP contribution in [-0.2, 0) is 14.9 Å². The van der Waals surface area contributed by atoms with Crippen LogP contribution in [-0.4, -0.2) is 82.0 Å². The molecule has 21 heavy (non-hydrogen) atoms. The minimum absolute atomic E-state index is 0.437. The van der Waals surface area contributed by atoms with Crippen molar-refractivity contribution < 1.29 is 13.2 Å². The van der Waals surface area contributed by atoms with E-state index in [1.54, 1.807) is 22.8 Å². The lowest BCUT2D eigenvalue weighted by atomic mass is 10.1. The molecular formula is C14H29N3O3S. The van der Waals surface area contributed by atoms with Crippen LogP contribution in [0, 0.1) is 5.92 Å². The Bertz CT molecular complexity index is 410. The zero-order valence-corrected chi connectivity index (χ0v) is 14.1. The van der Waals surface area contributed by atoms with Gasteiger partial charge >= 0.3 is 0 Å². The monoisotopic (exact) mass is 319 g/mol. The molecule has 0 aromatic rings. The summed E-state index contributed by atoms with van der Waals surface area (Å²) in [5, 5.41) is 0. The van der Waals surface area contributed by atoms with Crippen molar-refractivity contribution in [2.24, 2.45) is 5.92 Å². The maximum Gasteiger partial charge on any atom is 0.281 e. The molecule has 0 aliphatic carbocycles. The first-order valence-electron chi connectivity index (χ1n) is 7.96. The molecule has 0 aromatic heterocycles. The highest BCUT2D eigenvalue weighted by atomic mass is 32.2. The van der Waals surface area contributed by atoms with Gasteiger partial charge in [-0.05, 0) is 31.7 Å². The standard InChI is InChI=1S/C14H29N3O3S/c1-15(21(18,19)17-7-4-3-5-8-17)12-14-6-9-16(13-14)10-11-20-2/h14H,3-13H2,1-2H3/t14-/m1/s1. The molecule has 2 heterocycles. The van der Waals surface area contributed by atoms with Gasteiger partial charge in [-0.15, -0.1) is 0 Å². The molecule has 0 saturated carbocycles. The third-order valence-electron chi connectivity index (χ3n) is 4.53. The molecule has 124 valence electrons. The van der Waals surface area contributed by atoms with E-state index in [0.717, 1.165) is 51.9 Å². The van der Waals surface area contributed by atoms with Gasteiger partial charge in [0.1, 0.15) is 0 Å². The van der Waals surface area contributed by atoms with Crippen molar-refractivity contribution in [2.45, 2.75) is 25.7 Å². The zero-order chi connectivity index (χ0) is 15.3. The molecule has 2 fully saturated rings. The Morgan fingerprint density at radius 1 is 1.19 bits per heavy atom. The Labute approximate surface area is 129 Å². The fraction of sp³-hybridized carbons (Fsp3) is 1.00. The molecule has 7 heteroatoms. The van der Waals surface area contributed by atoms with Gasteiger partial charge in [-0.1, -0.05) is 6.42 Å². The average molecular weight is 319 g/mol. The summed E-state index contributed by atoms with van der Waals surface area (Å²) in [5.41, 5.74) is 0. The van der Waals surface area contributed by atoms with Crippen LogP contribution < -0.4 is 0 Å². The Balaban J connectivity index is 1.82. The number of rotatable bonds is 7. The van der Waals surface area contributed by atoms with Gasteiger partial charge in [0.05, 0.1) is 6.61 Å². The maximum absolute atomic E-state index is 12.5. The molecular weight excluding hydrogens is 290 g/mol. The third-order valence-corrected chi connectivity index (χ3v) is 6.49. The van der Waals surface area contributed by atoms with Crippen LogP contribution in [0.5, 0.6) is 0 Å². The number of hydrogen-bond donors (Lipinski definition) is 0. The second-order valence-electron chi connectivity index (χ2n) is 6.20. The Morgan fingerprint density at radius 3 is 2.57 bits per heavy atom. The predicted octanol–water partition coefficient (Wildman–Crippen LogP) is 0.617. The molecule has 0 N–H and O–H groups in total. The van der Waals surface area contributed by atoms with E-state index in [4.69, 9.17) is 4.74 Å². The van der Waals surface area contributed by atoms with E-state index in [0.29, 0.717) is 25.6 Å². The lowest BCUT2D eigenvalue weighted by molar-refractivity contribution is 0.158. The van der Waals surface area contributed by atoms with Gasteiger partial charge in [-0.3, -0.25) is 0 Å². The highest BCUT2D eigenvalue weighted by Crippen LogP contribution is 2.20. The Kier molecular flexibility index (Phi) is 6.43.